The fraction of sp³-hybridized carbons (Fsp3) is 0.292. The zero-order valence-electron chi connectivity index (χ0n) is 16.2. The third-order valence-corrected chi connectivity index (χ3v) is 5.27. The van der Waals surface area contributed by atoms with E-state index < -0.39 is 0 Å². The fourth-order valence-electron chi connectivity index (χ4n) is 3.80. The number of fused-ring (bicyclic) bond motifs is 1. The molecule has 1 N–H and O–H groups in total. The van der Waals surface area contributed by atoms with Crippen molar-refractivity contribution in [1.82, 2.24) is 10.3 Å². The van der Waals surface area contributed by atoms with Gasteiger partial charge in [-0.25, -0.2) is 0 Å². The number of aromatic nitrogens is 1. The van der Waals surface area contributed by atoms with Crippen LogP contribution in [0.3, 0.4) is 0 Å². The Morgan fingerprint density at radius 3 is 2.82 bits per heavy atom. The Labute approximate surface area is 166 Å². The molecule has 1 atom stereocenters. The van der Waals surface area contributed by atoms with Crippen molar-refractivity contribution in [2.45, 2.75) is 38.5 Å². The second kappa shape index (κ2) is 8.89. The van der Waals surface area contributed by atoms with Crippen LogP contribution in [0.4, 0.5) is 0 Å². The average Bonchev–Trinajstić information content (AvgIpc) is 2.77. The van der Waals surface area contributed by atoms with Crippen molar-refractivity contribution in [1.29, 1.82) is 0 Å². The van der Waals surface area contributed by atoms with Gasteiger partial charge in [-0.1, -0.05) is 36.4 Å². The summed E-state index contributed by atoms with van der Waals surface area (Å²) in [4.78, 5) is 4.14. The summed E-state index contributed by atoms with van der Waals surface area (Å²) < 4.78 is 11.5. The molecule has 1 unspecified atom stereocenters. The van der Waals surface area contributed by atoms with Crippen molar-refractivity contribution in [3.63, 3.8) is 0 Å². The summed E-state index contributed by atoms with van der Waals surface area (Å²) in [7, 11) is 1.67. The lowest BCUT2D eigenvalue weighted by Crippen LogP contribution is -2.24. The van der Waals surface area contributed by atoms with E-state index in [4.69, 9.17) is 9.47 Å². The maximum atomic E-state index is 6.01. The molecular formula is C24H26N2O2. The Kier molecular flexibility index (Phi) is 5.88. The Morgan fingerprint density at radius 2 is 1.96 bits per heavy atom. The molecule has 28 heavy (non-hydrogen) atoms. The minimum atomic E-state index is 0.409. The first-order valence-electron chi connectivity index (χ1n) is 9.83. The summed E-state index contributed by atoms with van der Waals surface area (Å²) in [6, 6.07) is 19.2. The van der Waals surface area contributed by atoms with Gasteiger partial charge in [0.25, 0.3) is 0 Å². The average molecular weight is 374 g/mol. The lowest BCUT2D eigenvalue weighted by molar-refractivity contribution is 0.283. The normalized spacial score (nSPS) is 15.7. The molecule has 2 aromatic carbocycles. The van der Waals surface area contributed by atoms with E-state index in [9.17, 15) is 0 Å². The van der Waals surface area contributed by atoms with Gasteiger partial charge in [-0.15, -0.1) is 0 Å². The lowest BCUT2D eigenvalue weighted by atomic mass is 9.87. The number of hydrogen-bond acceptors (Lipinski definition) is 4. The predicted molar refractivity (Wildman–Crippen MR) is 111 cm³/mol. The van der Waals surface area contributed by atoms with Crippen molar-refractivity contribution < 1.29 is 9.47 Å². The lowest BCUT2D eigenvalue weighted by Gasteiger charge is -2.26. The summed E-state index contributed by atoms with van der Waals surface area (Å²) in [6.45, 7) is 1.27. The fourth-order valence-corrected chi connectivity index (χ4v) is 3.80. The predicted octanol–water partition coefficient (Wildman–Crippen LogP) is 4.84. The van der Waals surface area contributed by atoms with E-state index in [1.165, 1.54) is 36.0 Å². The van der Waals surface area contributed by atoms with Crippen molar-refractivity contribution in [3.8, 4) is 11.5 Å². The number of pyridine rings is 1. The molecule has 0 spiro atoms. The van der Waals surface area contributed by atoms with Gasteiger partial charge in [0, 0.05) is 30.5 Å². The highest BCUT2D eigenvalue weighted by Crippen LogP contribution is 2.31. The maximum Gasteiger partial charge on any atom is 0.161 e. The number of nitrogens with zero attached hydrogens (tertiary/aromatic N) is 1. The number of methoxy groups -OCH3 is 1. The van der Waals surface area contributed by atoms with Crippen molar-refractivity contribution in [2.24, 2.45) is 0 Å². The van der Waals surface area contributed by atoms with Gasteiger partial charge < -0.3 is 14.8 Å². The van der Waals surface area contributed by atoms with Crippen LogP contribution in [0.1, 0.15) is 41.1 Å². The number of benzene rings is 2. The van der Waals surface area contributed by atoms with Crippen LogP contribution >= 0.6 is 0 Å². The van der Waals surface area contributed by atoms with E-state index in [-0.39, 0.29) is 0 Å². The van der Waals surface area contributed by atoms with E-state index in [0.29, 0.717) is 12.6 Å². The third-order valence-electron chi connectivity index (χ3n) is 5.27. The highest BCUT2D eigenvalue weighted by molar-refractivity contribution is 5.43. The van der Waals surface area contributed by atoms with Crippen LogP contribution in [0.15, 0.2) is 67.0 Å². The van der Waals surface area contributed by atoms with Crippen LogP contribution in [0, 0.1) is 0 Å². The highest BCUT2D eigenvalue weighted by atomic mass is 16.5. The number of aryl methyl sites for hydroxylation is 1. The van der Waals surface area contributed by atoms with Crippen LogP contribution in [-0.4, -0.2) is 12.1 Å². The van der Waals surface area contributed by atoms with Crippen LogP contribution in [-0.2, 0) is 19.6 Å². The van der Waals surface area contributed by atoms with Gasteiger partial charge in [0.2, 0.25) is 0 Å². The smallest absolute Gasteiger partial charge is 0.161 e. The van der Waals surface area contributed by atoms with Crippen molar-refractivity contribution in [2.75, 3.05) is 7.11 Å². The molecule has 3 aromatic rings. The van der Waals surface area contributed by atoms with Crippen molar-refractivity contribution >= 4 is 0 Å². The van der Waals surface area contributed by atoms with Gasteiger partial charge in [-0.3, -0.25) is 4.98 Å². The van der Waals surface area contributed by atoms with Gasteiger partial charge in [0.15, 0.2) is 11.5 Å². The topological polar surface area (TPSA) is 43.4 Å². The van der Waals surface area contributed by atoms with E-state index in [1.54, 1.807) is 13.3 Å². The standard InChI is InChI=1S/C24H26N2O2/c1-27-23-12-11-18(14-24(23)28-17-19-6-5-13-25-15-19)16-26-22-10-4-8-20-7-2-3-9-21(20)22/h2-3,5-7,9,11-15,22,26H,4,8,10,16-17H2,1H3. The number of ether oxygens (including phenoxy) is 2. The molecule has 0 saturated carbocycles. The molecule has 144 valence electrons. The Bertz CT molecular complexity index is 911. The zero-order valence-corrected chi connectivity index (χ0v) is 16.2. The number of nitrogens with one attached hydrogen (secondary N) is 1. The first-order valence-corrected chi connectivity index (χ1v) is 9.83. The van der Waals surface area contributed by atoms with Gasteiger partial charge >= 0.3 is 0 Å². The van der Waals surface area contributed by atoms with Crippen LogP contribution < -0.4 is 14.8 Å². The van der Waals surface area contributed by atoms with E-state index >= 15 is 0 Å². The monoisotopic (exact) mass is 374 g/mol. The van der Waals surface area contributed by atoms with Crippen molar-refractivity contribution in [3.05, 3.63) is 89.2 Å². The quantitative estimate of drug-likeness (QED) is 0.643. The summed E-state index contributed by atoms with van der Waals surface area (Å²) in [5.74, 6) is 1.50. The SMILES string of the molecule is COc1ccc(CNC2CCCc3ccccc32)cc1OCc1cccnc1. The molecular weight excluding hydrogens is 348 g/mol. The largest absolute Gasteiger partial charge is 0.493 e. The van der Waals surface area contributed by atoms with Crippen LogP contribution in [0.5, 0.6) is 11.5 Å². The molecule has 0 fully saturated rings. The molecule has 1 aromatic heterocycles. The van der Waals surface area contributed by atoms with Crippen LogP contribution in [0.2, 0.25) is 0 Å². The minimum absolute atomic E-state index is 0.409. The maximum absolute atomic E-state index is 6.01. The summed E-state index contributed by atoms with van der Waals surface area (Å²) in [5.41, 5.74) is 5.13. The van der Waals surface area contributed by atoms with Gasteiger partial charge in [0.1, 0.15) is 6.61 Å². The Balaban J connectivity index is 1.44. The first kappa shape index (κ1) is 18.5. The van der Waals surface area contributed by atoms with Gasteiger partial charge in [-0.05, 0) is 54.2 Å². The molecule has 0 bridgehead atoms. The molecule has 4 rings (SSSR count). The minimum Gasteiger partial charge on any atom is -0.493 e. The summed E-state index contributed by atoms with van der Waals surface area (Å²) in [6.07, 6.45) is 7.18. The molecule has 4 heteroatoms. The molecule has 0 saturated heterocycles. The van der Waals surface area contributed by atoms with Gasteiger partial charge in [0.05, 0.1) is 7.11 Å². The Morgan fingerprint density at radius 1 is 1.04 bits per heavy atom. The molecule has 0 radical (unpaired) electrons. The second-order valence-electron chi connectivity index (χ2n) is 7.16. The zero-order chi connectivity index (χ0) is 19.2. The number of rotatable bonds is 7. The highest BCUT2D eigenvalue weighted by Gasteiger charge is 2.19. The van der Waals surface area contributed by atoms with Crippen LogP contribution in [0.25, 0.3) is 0 Å². The van der Waals surface area contributed by atoms with E-state index in [1.807, 2.05) is 24.4 Å². The van der Waals surface area contributed by atoms with E-state index in [0.717, 1.165) is 23.6 Å². The Hall–Kier alpha value is -2.85. The van der Waals surface area contributed by atoms with Gasteiger partial charge in [-0.2, -0.15) is 0 Å². The first-order chi connectivity index (χ1) is 13.8. The molecule has 1 aliphatic carbocycles. The molecule has 0 aliphatic heterocycles. The summed E-state index contributed by atoms with van der Waals surface area (Å²) >= 11 is 0. The number of hydrogen-bond donors (Lipinski definition) is 1. The molecule has 4 nitrogen and oxygen atoms in total. The second-order valence-corrected chi connectivity index (χ2v) is 7.16. The molecule has 1 aliphatic rings. The third kappa shape index (κ3) is 4.34. The van der Waals surface area contributed by atoms with E-state index in [2.05, 4.69) is 46.7 Å². The summed E-state index contributed by atoms with van der Waals surface area (Å²) in [5, 5.41) is 3.73. The molecule has 1 heterocycles. The molecule has 0 amide bonds.